The van der Waals surface area contributed by atoms with E-state index >= 15 is 0 Å². The van der Waals surface area contributed by atoms with E-state index in [1.54, 1.807) is 18.2 Å². The molecule has 168 valence electrons. The number of rotatable bonds is 4. The van der Waals surface area contributed by atoms with Crippen LogP contribution in [0.15, 0.2) is 29.2 Å². The van der Waals surface area contributed by atoms with Crippen molar-refractivity contribution in [2.75, 3.05) is 18.4 Å². The van der Waals surface area contributed by atoms with Gasteiger partial charge in [0.05, 0.1) is 23.6 Å². The Morgan fingerprint density at radius 3 is 2.52 bits per heavy atom. The maximum Gasteiger partial charge on any atom is 0.244 e. The van der Waals surface area contributed by atoms with Gasteiger partial charge in [-0.1, -0.05) is 12.1 Å². The number of nitrogens with one attached hydrogen (secondary N) is 2. The number of piperidine rings is 1. The lowest BCUT2D eigenvalue weighted by Gasteiger charge is -2.39. The lowest BCUT2D eigenvalue weighted by Crippen LogP contribution is -2.52. The number of hydrogen-bond acceptors (Lipinski definition) is 5. The van der Waals surface area contributed by atoms with Crippen molar-refractivity contribution in [3.63, 3.8) is 0 Å². The molecule has 0 aliphatic carbocycles. The highest BCUT2D eigenvalue weighted by Crippen LogP contribution is 2.31. The van der Waals surface area contributed by atoms with Crippen LogP contribution in [-0.4, -0.2) is 48.3 Å². The van der Waals surface area contributed by atoms with Crippen molar-refractivity contribution in [2.24, 2.45) is 5.92 Å². The summed E-state index contributed by atoms with van der Waals surface area (Å²) in [6.45, 7) is 9.38. The molecule has 0 saturated carbocycles. The molecule has 8 nitrogen and oxygen atoms in total. The maximum atomic E-state index is 12.9. The third kappa shape index (κ3) is 4.21. The normalized spacial score (nSPS) is 21.9. The summed E-state index contributed by atoms with van der Waals surface area (Å²) in [6.07, 6.45) is 1.56. The number of likely N-dealkylation sites (tertiary alicyclic amines) is 1. The van der Waals surface area contributed by atoms with E-state index in [-0.39, 0.29) is 28.9 Å². The van der Waals surface area contributed by atoms with Crippen molar-refractivity contribution in [2.45, 2.75) is 64.1 Å². The molecular weight excluding hydrogens is 414 g/mol. The van der Waals surface area contributed by atoms with Gasteiger partial charge in [-0.05, 0) is 64.2 Å². The van der Waals surface area contributed by atoms with Crippen LogP contribution in [0.25, 0.3) is 0 Å². The van der Waals surface area contributed by atoms with E-state index in [4.69, 9.17) is 0 Å². The summed E-state index contributed by atoms with van der Waals surface area (Å²) < 4.78 is 29.9. The van der Waals surface area contributed by atoms with Crippen LogP contribution >= 0.6 is 0 Å². The number of para-hydroxylation sites is 1. The highest BCUT2D eigenvalue weighted by Gasteiger charge is 2.36. The van der Waals surface area contributed by atoms with Gasteiger partial charge in [0.25, 0.3) is 0 Å². The number of fused-ring (bicyclic) bond motifs is 1. The van der Waals surface area contributed by atoms with Crippen molar-refractivity contribution in [3.05, 3.63) is 41.2 Å². The number of nitrogens with zero attached hydrogens (tertiary/aromatic N) is 3. The predicted octanol–water partition coefficient (Wildman–Crippen LogP) is 2.73. The first kappa shape index (κ1) is 21.8. The molecule has 2 aromatic rings. The molecule has 4 rings (SSSR count). The van der Waals surface area contributed by atoms with Crippen molar-refractivity contribution in [3.8, 4) is 0 Å². The lowest BCUT2D eigenvalue weighted by atomic mass is 9.93. The summed E-state index contributed by atoms with van der Waals surface area (Å²) in [5.41, 5.74) is 3.91. The van der Waals surface area contributed by atoms with Crippen LogP contribution in [0.5, 0.6) is 0 Å². The van der Waals surface area contributed by atoms with Gasteiger partial charge in [-0.15, -0.1) is 0 Å². The van der Waals surface area contributed by atoms with Crippen molar-refractivity contribution >= 4 is 21.6 Å². The van der Waals surface area contributed by atoms with Crippen LogP contribution in [0.4, 0.5) is 5.69 Å². The highest BCUT2D eigenvalue weighted by molar-refractivity contribution is 7.89. The van der Waals surface area contributed by atoms with Gasteiger partial charge in [0, 0.05) is 25.2 Å². The smallest absolute Gasteiger partial charge is 0.244 e. The Labute approximate surface area is 184 Å². The molecular formula is C22H31N5O3S. The topological polar surface area (TPSA) is 96.3 Å². The number of benzene rings is 1. The van der Waals surface area contributed by atoms with Crippen LogP contribution in [-0.2, 0) is 14.8 Å². The highest BCUT2D eigenvalue weighted by atomic mass is 32.2. The zero-order valence-electron chi connectivity index (χ0n) is 18.6. The summed E-state index contributed by atoms with van der Waals surface area (Å²) in [4.78, 5) is 15.1. The molecule has 0 bridgehead atoms. The minimum atomic E-state index is -3.53. The molecule has 1 fully saturated rings. The SMILES string of the molecule is Cc1nn(C(C)CC(=O)N2CCC(C3Nc4ccccc4S(=O)(=O)N3)CC2)c(C)c1C. The average molecular weight is 446 g/mol. The Bertz CT molecular complexity index is 1090. The van der Waals surface area contributed by atoms with Gasteiger partial charge in [-0.25, -0.2) is 8.42 Å². The molecule has 0 radical (unpaired) electrons. The van der Waals surface area contributed by atoms with Gasteiger partial charge < -0.3 is 10.2 Å². The summed E-state index contributed by atoms with van der Waals surface area (Å²) in [5, 5.41) is 7.91. The minimum absolute atomic E-state index is 0.000876. The number of sulfonamides is 1. The lowest BCUT2D eigenvalue weighted by molar-refractivity contribution is -0.133. The second kappa shape index (κ2) is 8.27. The van der Waals surface area contributed by atoms with Crippen molar-refractivity contribution in [1.82, 2.24) is 19.4 Å². The number of carbonyl (C=O) groups excluding carboxylic acids is 1. The molecule has 2 aliphatic rings. The second-order valence-corrected chi connectivity index (χ2v) is 10.4. The van der Waals surface area contributed by atoms with E-state index in [0.717, 1.165) is 24.2 Å². The van der Waals surface area contributed by atoms with E-state index < -0.39 is 10.0 Å². The fourth-order valence-electron chi connectivity index (χ4n) is 4.59. The Morgan fingerprint density at radius 2 is 1.87 bits per heavy atom. The fourth-order valence-corrected chi connectivity index (χ4v) is 5.97. The summed E-state index contributed by atoms with van der Waals surface area (Å²) >= 11 is 0. The van der Waals surface area contributed by atoms with Crippen LogP contribution in [0, 0.1) is 26.7 Å². The van der Waals surface area contributed by atoms with Gasteiger partial charge in [-0.3, -0.25) is 9.48 Å². The largest absolute Gasteiger partial charge is 0.368 e. The zero-order chi connectivity index (χ0) is 22.3. The minimum Gasteiger partial charge on any atom is -0.368 e. The zero-order valence-corrected chi connectivity index (χ0v) is 19.4. The average Bonchev–Trinajstić information content (AvgIpc) is 3.00. The van der Waals surface area contributed by atoms with Gasteiger partial charge in [0.15, 0.2) is 0 Å². The molecule has 31 heavy (non-hydrogen) atoms. The van der Waals surface area contributed by atoms with Crippen molar-refractivity contribution < 1.29 is 13.2 Å². The van der Waals surface area contributed by atoms with Crippen molar-refractivity contribution in [1.29, 1.82) is 0 Å². The van der Waals surface area contributed by atoms with Crippen LogP contribution in [0.1, 0.15) is 49.2 Å². The van der Waals surface area contributed by atoms with Crippen LogP contribution in [0.2, 0.25) is 0 Å². The molecule has 0 spiro atoms. The molecule has 1 saturated heterocycles. The van der Waals surface area contributed by atoms with Crippen LogP contribution in [0.3, 0.4) is 0 Å². The van der Waals surface area contributed by atoms with E-state index in [1.807, 2.05) is 36.4 Å². The third-order valence-corrected chi connectivity index (χ3v) is 8.21. The molecule has 1 aromatic carbocycles. The van der Waals surface area contributed by atoms with Gasteiger partial charge >= 0.3 is 0 Å². The van der Waals surface area contributed by atoms with E-state index in [0.29, 0.717) is 25.2 Å². The van der Waals surface area contributed by atoms with E-state index in [9.17, 15) is 13.2 Å². The molecule has 2 unspecified atom stereocenters. The molecule has 3 heterocycles. The first-order valence-electron chi connectivity index (χ1n) is 10.9. The standard InChI is InChI=1S/C22H31N5O3S/c1-14(27-17(4)15(2)16(3)24-27)13-21(28)26-11-9-18(10-12-26)22-23-19-7-5-6-8-20(19)31(29,30)25-22/h5-8,14,18,22-23,25H,9-13H2,1-4H3. The number of aromatic nitrogens is 2. The Morgan fingerprint density at radius 1 is 1.19 bits per heavy atom. The molecule has 1 amide bonds. The number of carbonyl (C=O) groups is 1. The van der Waals surface area contributed by atoms with Crippen LogP contribution < -0.4 is 10.0 Å². The summed E-state index contributed by atoms with van der Waals surface area (Å²) in [5.74, 6) is 0.252. The van der Waals surface area contributed by atoms with E-state index in [1.165, 1.54) is 5.56 Å². The molecule has 2 N–H and O–H groups in total. The first-order valence-corrected chi connectivity index (χ1v) is 12.3. The number of amides is 1. The Kier molecular flexibility index (Phi) is 5.83. The molecule has 2 atom stereocenters. The predicted molar refractivity (Wildman–Crippen MR) is 119 cm³/mol. The molecule has 9 heteroatoms. The number of anilines is 1. The summed E-state index contributed by atoms with van der Waals surface area (Å²) in [7, 11) is -3.53. The first-order chi connectivity index (χ1) is 14.7. The van der Waals surface area contributed by atoms with E-state index in [2.05, 4.69) is 22.1 Å². The fraction of sp³-hybridized carbons (Fsp3) is 0.545. The number of aryl methyl sites for hydroxylation is 1. The van der Waals surface area contributed by atoms with Gasteiger partial charge in [0.1, 0.15) is 4.90 Å². The summed E-state index contributed by atoms with van der Waals surface area (Å²) in [6, 6.07) is 6.95. The quantitative estimate of drug-likeness (QED) is 0.754. The molecule has 2 aliphatic heterocycles. The monoisotopic (exact) mass is 445 g/mol. The third-order valence-electron chi connectivity index (χ3n) is 6.71. The maximum absolute atomic E-state index is 12.9. The Balaban J connectivity index is 1.35. The molecule has 1 aromatic heterocycles. The van der Waals surface area contributed by atoms with Gasteiger partial charge in [-0.2, -0.15) is 9.82 Å². The number of hydrogen-bond donors (Lipinski definition) is 2. The second-order valence-electron chi connectivity index (χ2n) is 8.75. The van der Waals surface area contributed by atoms with Gasteiger partial charge in [0.2, 0.25) is 15.9 Å². The Hall–Kier alpha value is -2.39.